The molecule has 12 heteroatoms. The normalized spacial score (nSPS) is 19.7. The number of fused-ring (bicyclic) bond motifs is 1. The van der Waals surface area contributed by atoms with Crippen molar-refractivity contribution < 1.29 is 33.5 Å². The van der Waals surface area contributed by atoms with Crippen LogP contribution in [-0.4, -0.2) is 59.0 Å². The molecule has 4 N–H and O–H groups in total. The van der Waals surface area contributed by atoms with Gasteiger partial charge in [0.2, 0.25) is 0 Å². The monoisotopic (exact) mass is 493 g/mol. The molecule has 3 aromatic rings. The van der Waals surface area contributed by atoms with Crippen LogP contribution in [0.1, 0.15) is 17.9 Å². The van der Waals surface area contributed by atoms with Gasteiger partial charge >= 0.3 is 7.82 Å². The van der Waals surface area contributed by atoms with Gasteiger partial charge in [0.05, 0.1) is 11.1 Å². The highest BCUT2D eigenvalue weighted by molar-refractivity contribution is 7.46. The van der Waals surface area contributed by atoms with Gasteiger partial charge in [0.1, 0.15) is 36.1 Å². The number of phenols is 1. The predicted octanol–water partition coefficient (Wildman–Crippen LogP) is 1.33. The highest BCUT2D eigenvalue weighted by atomic mass is 35.5. The second kappa shape index (κ2) is 8.79. The number of aromatic hydroxyl groups is 1. The van der Waals surface area contributed by atoms with Crippen LogP contribution in [-0.2, 0) is 4.57 Å². The summed E-state index contributed by atoms with van der Waals surface area (Å²) in [5.41, 5.74) is 0.0977. The molecule has 0 radical (unpaired) electrons. The van der Waals surface area contributed by atoms with E-state index >= 15 is 0 Å². The Kier molecular flexibility index (Phi) is 6.35. The van der Waals surface area contributed by atoms with Crippen LogP contribution in [0.15, 0.2) is 39.5 Å². The van der Waals surface area contributed by atoms with Crippen molar-refractivity contribution in [3.8, 4) is 22.8 Å². The fraction of sp³-hybridized carbons (Fsp3) is 0.286. The molecule has 2 atom stereocenters. The Bertz CT molecular complexity index is 1340. The molecule has 0 spiro atoms. The molecule has 2 unspecified atom stereocenters. The molecule has 1 fully saturated rings. The Morgan fingerprint density at radius 1 is 1.30 bits per heavy atom. The van der Waals surface area contributed by atoms with Crippen molar-refractivity contribution in [1.29, 1.82) is 0 Å². The summed E-state index contributed by atoms with van der Waals surface area (Å²) in [5.74, 6) is -1.44. The first-order chi connectivity index (χ1) is 15.5. The fourth-order valence-corrected chi connectivity index (χ4v) is 4.94. The van der Waals surface area contributed by atoms with E-state index in [4.69, 9.17) is 20.5 Å². The molecule has 1 aromatic heterocycles. The number of phosphoric ester groups is 1. The smallest absolute Gasteiger partial charge is 0.507 e. The maximum absolute atomic E-state index is 13.3. The molecule has 2 heterocycles. The molecule has 0 saturated carbocycles. The van der Waals surface area contributed by atoms with Crippen molar-refractivity contribution in [1.82, 2.24) is 4.90 Å². The number of benzene rings is 2. The Hall–Kier alpha value is -2.33. The van der Waals surface area contributed by atoms with Crippen molar-refractivity contribution in [2.75, 3.05) is 20.1 Å². The van der Waals surface area contributed by atoms with E-state index in [0.29, 0.717) is 23.6 Å². The number of phosphoric acid groups is 1. The summed E-state index contributed by atoms with van der Waals surface area (Å²) in [6.07, 6.45) is -0.542. The molecule has 4 rings (SSSR count). The zero-order chi connectivity index (χ0) is 24.1. The molecular formula is C21H22BClNO8P. The van der Waals surface area contributed by atoms with E-state index in [9.17, 15) is 29.4 Å². The number of aliphatic hydroxyl groups excluding tert-OH is 1. The summed E-state index contributed by atoms with van der Waals surface area (Å²) in [7, 11) is -1.67. The minimum atomic E-state index is -5.04. The zero-order valence-corrected chi connectivity index (χ0v) is 19.5. The van der Waals surface area contributed by atoms with Gasteiger partial charge in [0.25, 0.3) is 0 Å². The van der Waals surface area contributed by atoms with Crippen LogP contribution in [0, 0.1) is 0 Å². The third kappa shape index (κ3) is 4.55. The number of phenolic OH excluding ortho intramolecular Hbond substituents is 1. The van der Waals surface area contributed by atoms with Gasteiger partial charge < -0.3 is 24.1 Å². The lowest BCUT2D eigenvalue weighted by Gasteiger charge is -2.34. The van der Waals surface area contributed by atoms with E-state index < -0.39 is 31.0 Å². The number of hydrogen-bond acceptors (Lipinski definition) is 7. The summed E-state index contributed by atoms with van der Waals surface area (Å²) >= 11 is 6.33. The number of hydrogen-bond donors (Lipinski definition) is 4. The van der Waals surface area contributed by atoms with Crippen molar-refractivity contribution in [2.24, 2.45) is 0 Å². The molecular weight excluding hydrogens is 471 g/mol. The van der Waals surface area contributed by atoms with Crippen LogP contribution < -0.4 is 15.4 Å². The molecule has 0 aliphatic carbocycles. The van der Waals surface area contributed by atoms with Crippen LogP contribution in [0.5, 0.6) is 11.5 Å². The number of halogens is 1. The summed E-state index contributed by atoms with van der Waals surface area (Å²) < 4.78 is 22.7. The number of piperidine rings is 1. The lowest BCUT2D eigenvalue weighted by Crippen LogP contribution is -2.40. The molecule has 9 nitrogen and oxygen atoms in total. The second-order valence-electron chi connectivity index (χ2n) is 8.18. The Balaban J connectivity index is 2.10. The molecule has 33 heavy (non-hydrogen) atoms. The average Bonchev–Trinajstić information content (AvgIpc) is 2.71. The number of likely N-dealkylation sites (tertiary alicyclic amines) is 1. The van der Waals surface area contributed by atoms with Gasteiger partial charge in [-0.1, -0.05) is 23.7 Å². The van der Waals surface area contributed by atoms with Crippen LogP contribution in [0.3, 0.4) is 0 Å². The van der Waals surface area contributed by atoms with Gasteiger partial charge in [-0.15, -0.1) is 0 Å². The Labute approximate surface area is 194 Å². The highest BCUT2D eigenvalue weighted by Gasteiger charge is 2.35. The van der Waals surface area contributed by atoms with Crippen LogP contribution in [0.25, 0.3) is 22.3 Å². The van der Waals surface area contributed by atoms with Gasteiger partial charge in [0.15, 0.2) is 5.43 Å². The maximum Gasteiger partial charge on any atom is 0.524 e. The van der Waals surface area contributed by atoms with E-state index in [1.54, 1.807) is 24.3 Å². The van der Waals surface area contributed by atoms with Gasteiger partial charge in [-0.05, 0) is 32.1 Å². The van der Waals surface area contributed by atoms with Crippen molar-refractivity contribution >= 4 is 43.7 Å². The minimum absolute atomic E-state index is 0.108. The van der Waals surface area contributed by atoms with Crippen molar-refractivity contribution in [2.45, 2.75) is 18.4 Å². The van der Waals surface area contributed by atoms with Crippen molar-refractivity contribution in [3.63, 3.8) is 0 Å². The molecule has 1 saturated heterocycles. The van der Waals surface area contributed by atoms with E-state index in [-0.39, 0.29) is 40.1 Å². The third-order valence-electron chi connectivity index (χ3n) is 5.87. The van der Waals surface area contributed by atoms with E-state index in [1.165, 1.54) is 7.85 Å². The van der Waals surface area contributed by atoms with E-state index in [0.717, 1.165) is 6.07 Å². The minimum Gasteiger partial charge on any atom is -0.507 e. The van der Waals surface area contributed by atoms with Crippen LogP contribution >= 0.6 is 19.4 Å². The van der Waals surface area contributed by atoms with Gasteiger partial charge in [0, 0.05) is 35.1 Å². The molecule has 0 bridgehead atoms. The lowest BCUT2D eigenvalue weighted by molar-refractivity contribution is 0.0632. The SMILES string of the molecule is Bc1c(-c2ccccc2Cl)oc2c(C3CCN(C)CC3O)c(OP(=O)(O)O)cc(O)c2c1=O. The number of β-amino-alcohol motifs (C(OH)–C–C–N with tert-alkyl or cyclic N) is 1. The highest BCUT2D eigenvalue weighted by Crippen LogP contribution is 2.48. The Morgan fingerprint density at radius 2 is 2.00 bits per heavy atom. The molecule has 174 valence electrons. The average molecular weight is 494 g/mol. The number of aliphatic hydroxyl groups is 1. The van der Waals surface area contributed by atoms with Gasteiger partial charge in [-0.2, -0.15) is 0 Å². The summed E-state index contributed by atoms with van der Waals surface area (Å²) in [6.45, 7) is 0.864. The van der Waals surface area contributed by atoms with E-state index in [2.05, 4.69) is 0 Å². The number of likely N-dealkylation sites (N-methyl/N-ethyl adjacent to an activating group) is 1. The van der Waals surface area contributed by atoms with Gasteiger partial charge in [-0.25, -0.2) is 4.57 Å². The number of rotatable bonds is 4. The molecule has 2 aromatic carbocycles. The largest absolute Gasteiger partial charge is 0.524 e. The molecule has 1 aliphatic heterocycles. The maximum atomic E-state index is 13.3. The van der Waals surface area contributed by atoms with Crippen molar-refractivity contribution in [3.05, 3.63) is 51.1 Å². The second-order valence-corrected chi connectivity index (χ2v) is 9.75. The molecule has 1 aliphatic rings. The fourth-order valence-electron chi connectivity index (χ4n) is 4.32. The van der Waals surface area contributed by atoms with Crippen LogP contribution in [0.4, 0.5) is 0 Å². The lowest BCUT2D eigenvalue weighted by atomic mass is 9.84. The standard InChI is InChI=1S/C21H22BClNO8P/c1-24-7-6-11(14(26)9-24)16-15(32-33(28,29)30)8-13(25)17-19(27)18(22)20(31-21(16)17)10-4-2-3-5-12(10)23/h2-5,8,11,14,25-26H,6-7,9,22H2,1H3,(H2,28,29,30). The topological polar surface area (TPSA) is 141 Å². The Morgan fingerprint density at radius 3 is 2.64 bits per heavy atom. The van der Waals surface area contributed by atoms with E-state index in [1.807, 2.05) is 11.9 Å². The first kappa shape index (κ1) is 23.8. The molecule has 0 amide bonds. The predicted molar refractivity (Wildman–Crippen MR) is 126 cm³/mol. The summed E-state index contributed by atoms with van der Waals surface area (Å²) in [4.78, 5) is 34.1. The first-order valence-electron chi connectivity index (χ1n) is 10.2. The number of nitrogens with zero attached hydrogens (tertiary/aromatic N) is 1. The summed E-state index contributed by atoms with van der Waals surface area (Å²) in [5, 5.41) is 21.6. The van der Waals surface area contributed by atoms with Gasteiger partial charge in [-0.3, -0.25) is 14.6 Å². The third-order valence-corrected chi connectivity index (χ3v) is 6.63. The summed E-state index contributed by atoms with van der Waals surface area (Å²) in [6, 6.07) is 7.72. The quantitative estimate of drug-likeness (QED) is 0.313. The first-order valence-corrected chi connectivity index (χ1v) is 12.1. The van der Waals surface area contributed by atoms with Crippen LogP contribution in [0.2, 0.25) is 5.02 Å². The zero-order valence-electron chi connectivity index (χ0n) is 17.9.